The van der Waals surface area contributed by atoms with E-state index in [0.29, 0.717) is 0 Å². The maximum atomic E-state index is 2.41. The molecule has 0 aliphatic carbocycles. The Balaban J connectivity index is 2.01. The van der Waals surface area contributed by atoms with Crippen molar-refractivity contribution in [1.29, 1.82) is 0 Å². The Bertz CT molecular complexity index is 366. The van der Waals surface area contributed by atoms with Crippen molar-refractivity contribution in [1.82, 2.24) is 0 Å². The zero-order chi connectivity index (χ0) is 17.3. The molecule has 1 heteroatoms. The van der Waals surface area contributed by atoms with Crippen molar-refractivity contribution in [3.63, 3.8) is 0 Å². The van der Waals surface area contributed by atoms with Gasteiger partial charge in [-0.15, -0.1) is 0 Å². The van der Waals surface area contributed by atoms with Gasteiger partial charge in [-0.05, 0) is 47.6 Å². The molecule has 0 fully saturated rings. The second-order valence-corrected chi connectivity index (χ2v) is 8.26. The van der Waals surface area contributed by atoms with E-state index in [1.165, 1.54) is 109 Å². The Morgan fingerprint density at radius 3 is 1.21 bits per heavy atom. The van der Waals surface area contributed by atoms with Crippen LogP contribution in [0.3, 0.4) is 0 Å². The molecule has 0 aliphatic rings. The lowest BCUT2D eigenvalue weighted by molar-refractivity contribution is 0.574. The van der Waals surface area contributed by atoms with Crippen molar-refractivity contribution in [2.45, 2.75) is 123 Å². The minimum absolute atomic E-state index is 1.32. The van der Waals surface area contributed by atoms with Crippen molar-refractivity contribution in [3.8, 4) is 0 Å². The predicted molar refractivity (Wildman–Crippen MR) is 112 cm³/mol. The second-order valence-electron chi connectivity index (χ2n) is 7.52. The zero-order valence-corrected chi connectivity index (χ0v) is 17.4. The van der Waals surface area contributed by atoms with Crippen molar-refractivity contribution < 1.29 is 0 Å². The predicted octanol–water partition coefficient (Wildman–Crippen LogP) is 8.72. The van der Waals surface area contributed by atoms with Crippen LogP contribution in [0.4, 0.5) is 0 Å². The van der Waals surface area contributed by atoms with Crippen LogP contribution in [0.25, 0.3) is 0 Å². The Labute approximate surface area is 156 Å². The van der Waals surface area contributed by atoms with Crippen LogP contribution in [0.15, 0.2) is 10.8 Å². The van der Waals surface area contributed by atoms with E-state index in [2.05, 4.69) is 24.6 Å². The van der Waals surface area contributed by atoms with Gasteiger partial charge in [0.15, 0.2) is 0 Å². The van der Waals surface area contributed by atoms with Crippen molar-refractivity contribution in [3.05, 3.63) is 21.9 Å². The van der Waals surface area contributed by atoms with Gasteiger partial charge in [0.05, 0.1) is 0 Å². The summed E-state index contributed by atoms with van der Waals surface area (Å²) in [7, 11) is 0. The van der Waals surface area contributed by atoms with Gasteiger partial charge < -0.3 is 0 Å². The normalized spacial score (nSPS) is 11.2. The lowest BCUT2D eigenvalue weighted by atomic mass is 10.00. The van der Waals surface area contributed by atoms with Gasteiger partial charge in [-0.1, -0.05) is 97.3 Å². The number of hydrogen-bond donors (Lipinski definition) is 0. The SMILES string of the molecule is CCCCCCCCCCc1cscc1CCCCCCCCC. The molecule has 0 aromatic carbocycles. The van der Waals surface area contributed by atoms with E-state index >= 15 is 0 Å². The molecule has 0 aliphatic heterocycles. The quantitative estimate of drug-likeness (QED) is 0.246. The standard InChI is InChI=1S/C23H42S/c1-3-5-7-9-11-13-15-17-19-23-21-24-20-22(23)18-16-14-12-10-8-6-4-2/h20-21H,3-19H2,1-2H3. The molecule has 1 heterocycles. The summed E-state index contributed by atoms with van der Waals surface area (Å²) in [6.07, 6.45) is 24.0. The van der Waals surface area contributed by atoms with Crippen LogP contribution >= 0.6 is 11.3 Å². The van der Waals surface area contributed by atoms with E-state index in [1.807, 2.05) is 11.3 Å². The highest BCUT2D eigenvalue weighted by Gasteiger charge is 2.04. The highest BCUT2D eigenvalue weighted by Crippen LogP contribution is 2.21. The van der Waals surface area contributed by atoms with Gasteiger partial charge in [-0.25, -0.2) is 0 Å². The first-order chi connectivity index (χ1) is 11.9. The number of hydrogen-bond acceptors (Lipinski definition) is 1. The van der Waals surface area contributed by atoms with Crippen LogP contribution < -0.4 is 0 Å². The van der Waals surface area contributed by atoms with Crippen LogP contribution in [-0.2, 0) is 12.8 Å². The van der Waals surface area contributed by atoms with Gasteiger partial charge in [0.2, 0.25) is 0 Å². The molecule has 0 bridgehead atoms. The third-order valence-corrected chi connectivity index (χ3v) is 6.02. The summed E-state index contributed by atoms with van der Waals surface area (Å²) in [5, 5.41) is 4.83. The molecule has 0 saturated carbocycles. The van der Waals surface area contributed by atoms with Gasteiger partial charge in [-0.2, -0.15) is 11.3 Å². The van der Waals surface area contributed by atoms with Crippen molar-refractivity contribution >= 4 is 11.3 Å². The Kier molecular flexibility index (Phi) is 14.7. The fourth-order valence-electron chi connectivity index (χ4n) is 3.51. The lowest BCUT2D eigenvalue weighted by Gasteiger charge is -2.05. The molecule has 0 spiro atoms. The zero-order valence-electron chi connectivity index (χ0n) is 16.6. The number of unbranched alkanes of at least 4 members (excludes halogenated alkanes) is 13. The first-order valence-electron chi connectivity index (χ1n) is 10.9. The highest BCUT2D eigenvalue weighted by atomic mass is 32.1. The number of aryl methyl sites for hydroxylation is 2. The first-order valence-corrected chi connectivity index (χ1v) is 11.9. The summed E-state index contributed by atoms with van der Waals surface area (Å²) >= 11 is 1.92. The summed E-state index contributed by atoms with van der Waals surface area (Å²) in [5.74, 6) is 0. The first kappa shape index (κ1) is 21.7. The van der Waals surface area contributed by atoms with E-state index in [-0.39, 0.29) is 0 Å². The maximum absolute atomic E-state index is 2.41. The van der Waals surface area contributed by atoms with Crippen LogP contribution in [-0.4, -0.2) is 0 Å². The summed E-state index contributed by atoms with van der Waals surface area (Å²) < 4.78 is 0. The van der Waals surface area contributed by atoms with E-state index in [4.69, 9.17) is 0 Å². The molecular weight excluding hydrogens is 308 g/mol. The second kappa shape index (κ2) is 16.2. The molecule has 0 atom stereocenters. The van der Waals surface area contributed by atoms with Gasteiger partial charge in [0.1, 0.15) is 0 Å². The molecule has 0 saturated heterocycles. The van der Waals surface area contributed by atoms with Crippen LogP contribution in [0.2, 0.25) is 0 Å². The largest absolute Gasteiger partial charge is 0.152 e. The van der Waals surface area contributed by atoms with Gasteiger partial charge in [0.25, 0.3) is 0 Å². The summed E-state index contributed by atoms with van der Waals surface area (Å²) in [5.41, 5.74) is 3.33. The molecular formula is C23H42S. The lowest BCUT2D eigenvalue weighted by Crippen LogP contribution is -1.92. The summed E-state index contributed by atoms with van der Waals surface area (Å²) in [4.78, 5) is 0. The molecule has 0 nitrogen and oxygen atoms in total. The topological polar surface area (TPSA) is 0 Å². The Hall–Kier alpha value is -0.300. The molecule has 140 valence electrons. The van der Waals surface area contributed by atoms with Crippen molar-refractivity contribution in [2.75, 3.05) is 0 Å². The Morgan fingerprint density at radius 1 is 0.500 bits per heavy atom. The Morgan fingerprint density at radius 2 is 0.833 bits per heavy atom. The average Bonchev–Trinajstić information content (AvgIpc) is 3.04. The molecule has 0 radical (unpaired) electrons. The minimum Gasteiger partial charge on any atom is -0.152 e. The minimum atomic E-state index is 1.32. The monoisotopic (exact) mass is 350 g/mol. The molecule has 0 amide bonds. The molecule has 1 aromatic heterocycles. The highest BCUT2D eigenvalue weighted by molar-refractivity contribution is 7.08. The van der Waals surface area contributed by atoms with Gasteiger partial charge >= 0.3 is 0 Å². The van der Waals surface area contributed by atoms with Crippen LogP contribution in [0, 0.1) is 0 Å². The van der Waals surface area contributed by atoms with E-state index in [0.717, 1.165) is 0 Å². The molecule has 1 aromatic rings. The molecule has 24 heavy (non-hydrogen) atoms. The van der Waals surface area contributed by atoms with Crippen LogP contribution in [0.5, 0.6) is 0 Å². The molecule has 0 unspecified atom stereocenters. The van der Waals surface area contributed by atoms with E-state index in [1.54, 1.807) is 11.1 Å². The smallest absolute Gasteiger partial charge is 0.00584 e. The third-order valence-electron chi connectivity index (χ3n) is 5.18. The third kappa shape index (κ3) is 11.3. The van der Waals surface area contributed by atoms with Crippen molar-refractivity contribution in [2.24, 2.45) is 0 Å². The molecule has 1 rings (SSSR count). The fourth-order valence-corrected chi connectivity index (χ4v) is 4.45. The van der Waals surface area contributed by atoms with Crippen LogP contribution in [0.1, 0.15) is 121 Å². The maximum Gasteiger partial charge on any atom is -0.00584 e. The van der Waals surface area contributed by atoms with E-state index in [9.17, 15) is 0 Å². The molecule has 0 N–H and O–H groups in total. The van der Waals surface area contributed by atoms with Gasteiger partial charge in [-0.3, -0.25) is 0 Å². The number of thiophene rings is 1. The number of rotatable bonds is 17. The fraction of sp³-hybridized carbons (Fsp3) is 0.826. The summed E-state index contributed by atoms with van der Waals surface area (Å²) in [6, 6.07) is 0. The summed E-state index contributed by atoms with van der Waals surface area (Å²) in [6.45, 7) is 4.59. The van der Waals surface area contributed by atoms with E-state index < -0.39 is 0 Å². The average molecular weight is 351 g/mol. The van der Waals surface area contributed by atoms with Gasteiger partial charge in [0, 0.05) is 0 Å².